The van der Waals surface area contributed by atoms with Crippen molar-refractivity contribution in [2.75, 3.05) is 0 Å². The second-order valence-electron chi connectivity index (χ2n) is 5.12. The monoisotopic (exact) mass is 274 g/mol. The van der Waals surface area contributed by atoms with E-state index in [0.717, 1.165) is 18.0 Å². The lowest BCUT2D eigenvalue weighted by Gasteiger charge is -2.22. The topological polar surface area (TPSA) is 24.9 Å². The SMILES string of the molecule is CCc1ccc(C(NCc2nccs2)C(C)C)cc1. The Hall–Kier alpha value is -1.19. The molecule has 1 N–H and O–H groups in total. The summed E-state index contributed by atoms with van der Waals surface area (Å²) >= 11 is 1.70. The first-order chi connectivity index (χ1) is 9.20. The molecule has 1 aromatic heterocycles. The van der Waals surface area contributed by atoms with Crippen LogP contribution in [0, 0.1) is 5.92 Å². The Labute approximate surface area is 119 Å². The fraction of sp³-hybridized carbons (Fsp3) is 0.438. The minimum Gasteiger partial charge on any atom is -0.303 e. The van der Waals surface area contributed by atoms with Crippen LogP contribution in [0.25, 0.3) is 0 Å². The van der Waals surface area contributed by atoms with E-state index in [0.29, 0.717) is 12.0 Å². The van der Waals surface area contributed by atoms with Crippen molar-refractivity contribution in [3.63, 3.8) is 0 Å². The molecule has 102 valence electrons. The molecule has 1 heterocycles. The third kappa shape index (κ3) is 3.88. The van der Waals surface area contributed by atoms with Crippen molar-refractivity contribution < 1.29 is 0 Å². The van der Waals surface area contributed by atoms with Gasteiger partial charge in [0.25, 0.3) is 0 Å². The summed E-state index contributed by atoms with van der Waals surface area (Å²) in [6, 6.07) is 9.34. The number of aromatic nitrogens is 1. The second kappa shape index (κ2) is 6.83. The van der Waals surface area contributed by atoms with Gasteiger partial charge in [-0.25, -0.2) is 4.98 Å². The summed E-state index contributed by atoms with van der Waals surface area (Å²) in [5.41, 5.74) is 2.76. The second-order valence-corrected chi connectivity index (χ2v) is 6.10. The van der Waals surface area contributed by atoms with E-state index in [2.05, 4.69) is 55.3 Å². The number of hydrogen-bond acceptors (Lipinski definition) is 3. The van der Waals surface area contributed by atoms with E-state index in [1.165, 1.54) is 11.1 Å². The predicted molar refractivity (Wildman–Crippen MR) is 82.4 cm³/mol. The Morgan fingerprint density at radius 2 is 1.95 bits per heavy atom. The highest BCUT2D eigenvalue weighted by molar-refractivity contribution is 7.09. The molecule has 2 rings (SSSR count). The molecule has 1 atom stereocenters. The van der Waals surface area contributed by atoms with E-state index in [1.54, 1.807) is 11.3 Å². The lowest BCUT2D eigenvalue weighted by molar-refractivity contribution is 0.410. The lowest BCUT2D eigenvalue weighted by Crippen LogP contribution is -2.25. The molecule has 0 aliphatic rings. The van der Waals surface area contributed by atoms with Crippen LogP contribution in [0.4, 0.5) is 0 Å². The van der Waals surface area contributed by atoms with Crippen LogP contribution in [0.15, 0.2) is 35.8 Å². The van der Waals surface area contributed by atoms with E-state index < -0.39 is 0 Å². The predicted octanol–water partition coefficient (Wildman–Crippen LogP) is 4.19. The van der Waals surface area contributed by atoms with Gasteiger partial charge >= 0.3 is 0 Å². The molecule has 2 nitrogen and oxygen atoms in total. The van der Waals surface area contributed by atoms with Gasteiger partial charge in [0.1, 0.15) is 5.01 Å². The average Bonchev–Trinajstić information content (AvgIpc) is 2.92. The minimum atomic E-state index is 0.384. The molecule has 0 fully saturated rings. The van der Waals surface area contributed by atoms with Gasteiger partial charge in [0, 0.05) is 24.2 Å². The van der Waals surface area contributed by atoms with Gasteiger partial charge in [-0.3, -0.25) is 0 Å². The molecule has 19 heavy (non-hydrogen) atoms. The lowest BCUT2D eigenvalue weighted by atomic mass is 9.95. The fourth-order valence-corrected chi connectivity index (χ4v) is 2.80. The van der Waals surface area contributed by atoms with Gasteiger partial charge in [-0.15, -0.1) is 11.3 Å². The zero-order valence-electron chi connectivity index (χ0n) is 11.9. The van der Waals surface area contributed by atoms with Crippen molar-refractivity contribution in [1.82, 2.24) is 10.3 Å². The molecular weight excluding hydrogens is 252 g/mol. The number of rotatable bonds is 6. The molecule has 3 heteroatoms. The zero-order chi connectivity index (χ0) is 13.7. The first-order valence-electron chi connectivity index (χ1n) is 6.91. The molecule has 1 unspecified atom stereocenters. The summed E-state index contributed by atoms with van der Waals surface area (Å²) in [7, 11) is 0. The summed E-state index contributed by atoms with van der Waals surface area (Å²) < 4.78 is 0. The Balaban J connectivity index is 2.06. The first-order valence-corrected chi connectivity index (χ1v) is 7.79. The van der Waals surface area contributed by atoms with Crippen molar-refractivity contribution in [2.45, 2.75) is 39.8 Å². The van der Waals surface area contributed by atoms with E-state index in [4.69, 9.17) is 0 Å². The van der Waals surface area contributed by atoms with Crippen LogP contribution in [0.5, 0.6) is 0 Å². The van der Waals surface area contributed by atoms with Gasteiger partial charge in [-0.2, -0.15) is 0 Å². The van der Waals surface area contributed by atoms with Crippen LogP contribution in [-0.2, 0) is 13.0 Å². The normalized spacial score (nSPS) is 12.8. The van der Waals surface area contributed by atoms with Crippen molar-refractivity contribution in [1.29, 1.82) is 0 Å². The highest BCUT2D eigenvalue weighted by Crippen LogP contribution is 2.23. The van der Waals surface area contributed by atoms with Crippen LogP contribution in [0.1, 0.15) is 42.9 Å². The molecule has 0 saturated heterocycles. The first kappa shape index (κ1) is 14.2. The Bertz CT molecular complexity index is 474. The summed E-state index contributed by atoms with van der Waals surface area (Å²) in [6.07, 6.45) is 2.96. The maximum atomic E-state index is 4.32. The zero-order valence-corrected chi connectivity index (χ0v) is 12.7. The van der Waals surface area contributed by atoms with E-state index in [-0.39, 0.29) is 0 Å². The molecule has 0 saturated carbocycles. The van der Waals surface area contributed by atoms with Crippen molar-refractivity contribution in [3.05, 3.63) is 52.0 Å². The molecule has 2 aromatic rings. The maximum Gasteiger partial charge on any atom is 0.106 e. The molecule has 0 bridgehead atoms. The third-order valence-corrected chi connectivity index (χ3v) is 4.15. The maximum absolute atomic E-state index is 4.32. The standard InChI is InChI=1S/C16H22N2S/c1-4-13-5-7-14(8-6-13)16(12(2)3)18-11-15-17-9-10-19-15/h5-10,12,16,18H,4,11H2,1-3H3. The van der Waals surface area contributed by atoms with Crippen molar-refractivity contribution >= 4 is 11.3 Å². The molecule has 0 spiro atoms. The minimum absolute atomic E-state index is 0.384. The third-order valence-electron chi connectivity index (χ3n) is 3.37. The number of aryl methyl sites for hydroxylation is 1. The van der Waals surface area contributed by atoms with Gasteiger partial charge in [0.2, 0.25) is 0 Å². The van der Waals surface area contributed by atoms with E-state index in [9.17, 15) is 0 Å². The van der Waals surface area contributed by atoms with Gasteiger partial charge < -0.3 is 5.32 Å². The number of benzene rings is 1. The number of nitrogens with zero attached hydrogens (tertiary/aromatic N) is 1. The van der Waals surface area contributed by atoms with Crippen LogP contribution in [-0.4, -0.2) is 4.98 Å². The van der Waals surface area contributed by atoms with Crippen molar-refractivity contribution in [2.24, 2.45) is 5.92 Å². The quantitative estimate of drug-likeness (QED) is 0.854. The molecule has 1 aromatic carbocycles. The molecule has 0 amide bonds. The summed E-state index contributed by atoms with van der Waals surface area (Å²) in [4.78, 5) is 4.32. The number of nitrogens with one attached hydrogen (secondary N) is 1. The number of thiazole rings is 1. The number of hydrogen-bond donors (Lipinski definition) is 1. The molecular formula is C16H22N2S. The summed E-state index contributed by atoms with van der Waals surface area (Å²) in [6.45, 7) is 7.55. The smallest absolute Gasteiger partial charge is 0.106 e. The van der Waals surface area contributed by atoms with E-state index >= 15 is 0 Å². The molecule has 0 aliphatic carbocycles. The Morgan fingerprint density at radius 1 is 1.21 bits per heavy atom. The Kier molecular flexibility index (Phi) is 5.11. The van der Waals surface area contributed by atoms with Crippen LogP contribution >= 0.6 is 11.3 Å². The van der Waals surface area contributed by atoms with Crippen LogP contribution in [0.2, 0.25) is 0 Å². The van der Waals surface area contributed by atoms with Gasteiger partial charge in [0.15, 0.2) is 0 Å². The molecule has 0 aliphatic heterocycles. The van der Waals surface area contributed by atoms with Gasteiger partial charge in [0.05, 0.1) is 0 Å². The van der Waals surface area contributed by atoms with E-state index in [1.807, 2.05) is 11.6 Å². The van der Waals surface area contributed by atoms with Crippen molar-refractivity contribution in [3.8, 4) is 0 Å². The van der Waals surface area contributed by atoms with Crippen LogP contribution < -0.4 is 5.32 Å². The highest BCUT2D eigenvalue weighted by Gasteiger charge is 2.15. The summed E-state index contributed by atoms with van der Waals surface area (Å²) in [5, 5.41) is 6.80. The largest absolute Gasteiger partial charge is 0.303 e. The molecule has 0 radical (unpaired) electrons. The van der Waals surface area contributed by atoms with Crippen LogP contribution in [0.3, 0.4) is 0 Å². The fourth-order valence-electron chi connectivity index (χ4n) is 2.24. The highest BCUT2D eigenvalue weighted by atomic mass is 32.1. The van der Waals surface area contributed by atoms with Gasteiger partial charge in [-0.05, 0) is 23.5 Å². The van der Waals surface area contributed by atoms with Gasteiger partial charge in [-0.1, -0.05) is 45.0 Å². The average molecular weight is 274 g/mol. The Morgan fingerprint density at radius 3 is 2.47 bits per heavy atom. The summed E-state index contributed by atoms with van der Waals surface area (Å²) in [5.74, 6) is 0.562.